The number of hydrogen-bond acceptors (Lipinski definition) is 5. The molecule has 0 fully saturated rings. The largest absolute Gasteiger partial charge is 0.339 e. The highest BCUT2D eigenvalue weighted by atomic mass is 16.5. The first kappa shape index (κ1) is 13.7. The van der Waals surface area contributed by atoms with Gasteiger partial charge < -0.3 is 9.84 Å². The summed E-state index contributed by atoms with van der Waals surface area (Å²) in [6, 6.07) is 4.11. The SMILES string of the molecule is CNC(Cc1nc(-c2ccncc2)no1)CC(C)C. The van der Waals surface area contributed by atoms with Crippen molar-refractivity contribution in [3.8, 4) is 11.4 Å². The van der Waals surface area contributed by atoms with Crippen LogP contribution in [-0.2, 0) is 6.42 Å². The van der Waals surface area contributed by atoms with Gasteiger partial charge in [0, 0.05) is 30.4 Å². The van der Waals surface area contributed by atoms with Gasteiger partial charge in [-0.05, 0) is 31.5 Å². The van der Waals surface area contributed by atoms with E-state index in [-0.39, 0.29) is 0 Å². The lowest BCUT2D eigenvalue weighted by Gasteiger charge is -2.15. The minimum atomic E-state index is 0.366. The molecule has 0 aliphatic carbocycles. The first-order valence-corrected chi connectivity index (χ1v) is 6.59. The highest BCUT2D eigenvalue weighted by Crippen LogP contribution is 2.16. The van der Waals surface area contributed by atoms with Crippen LogP contribution in [0.2, 0.25) is 0 Å². The van der Waals surface area contributed by atoms with E-state index in [9.17, 15) is 0 Å². The summed E-state index contributed by atoms with van der Waals surface area (Å²) in [7, 11) is 1.97. The van der Waals surface area contributed by atoms with E-state index in [0.717, 1.165) is 18.4 Å². The Kier molecular flexibility index (Phi) is 4.63. The van der Waals surface area contributed by atoms with Gasteiger partial charge in [0.15, 0.2) is 0 Å². The maximum Gasteiger partial charge on any atom is 0.228 e. The molecule has 0 saturated carbocycles. The Hall–Kier alpha value is -1.75. The predicted octanol–water partition coefficient (Wildman–Crippen LogP) is 2.31. The number of nitrogens with one attached hydrogen (secondary N) is 1. The average Bonchev–Trinajstić information content (AvgIpc) is 2.87. The van der Waals surface area contributed by atoms with Gasteiger partial charge in [-0.1, -0.05) is 19.0 Å². The van der Waals surface area contributed by atoms with Crippen molar-refractivity contribution in [2.45, 2.75) is 32.7 Å². The summed E-state index contributed by atoms with van der Waals surface area (Å²) in [5.41, 5.74) is 0.926. The third kappa shape index (κ3) is 3.86. The second kappa shape index (κ2) is 6.43. The molecular formula is C14H20N4O. The lowest BCUT2D eigenvalue weighted by atomic mass is 10.0. The zero-order valence-corrected chi connectivity index (χ0v) is 11.6. The van der Waals surface area contributed by atoms with Crippen LogP contribution in [0.15, 0.2) is 29.0 Å². The van der Waals surface area contributed by atoms with Crippen LogP contribution in [-0.4, -0.2) is 28.2 Å². The smallest absolute Gasteiger partial charge is 0.228 e. The topological polar surface area (TPSA) is 63.8 Å². The summed E-state index contributed by atoms with van der Waals surface area (Å²) in [5, 5.41) is 7.30. The molecule has 2 aromatic heterocycles. The number of rotatable bonds is 6. The van der Waals surface area contributed by atoms with Gasteiger partial charge in [-0.2, -0.15) is 4.98 Å². The van der Waals surface area contributed by atoms with Gasteiger partial charge in [0.05, 0.1) is 0 Å². The van der Waals surface area contributed by atoms with Crippen LogP contribution in [0.5, 0.6) is 0 Å². The fourth-order valence-corrected chi connectivity index (χ4v) is 2.04. The fourth-order valence-electron chi connectivity index (χ4n) is 2.04. The van der Waals surface area contributed by atoms with Gasteiger partial charge in [-0.15, -0.1) is 0 Å². The fraction of sp³-hybridized carbons (Fsp3) is 0.500. The number of aromatic nitrogens is 3. The lowest BCUT2D eigenvalue weighted by Crippen LogP contribution is -2.29. The molecule has 0 aliphatic rings. The second-order valence-corrected chi connectivity index (χ2v) is 5.07. The van der Waals surface area contributed by atoms with Crippen LogP contribution in [0.3, 0.4) is 0 Å². The third-order valence-corrected chi connectivity index (χ3v) is 2.99. The molecule has 0 saturated heterocycles. The first-order valence-electron chi connectivity index (χ1n) is 6.59. The van der Waals surface area contributed by atoms with E-state index in [0.29, 0.717) is 23.7 Å². The maximum absolute atomic E-state index is 5.31. The summed E-state index contributed by atoms with van der Waals surface area (Å²) in [6.07, 6.45) is 5.29. The van der Waals surface area contributed by atoms with Gasteiger partial charge >= 0.3 is 0 Å². The quantitative estimate of drug-likeness (QED) is 0.863. The molecule has 1 atom stereocenters. The maximum atomic E-state index is 5.31. The molecule has 102 valence electrons. The van der Waals surface area contributed by atoms with Crippen molar-refractivity contribution >= 4 is 0 Å². The van der Waals surface area contributed by atoms with Crippen LogP contribution in [0.4, 0.5) is 0 Å². The summed E-state index contributed by atoms with van der Waals surface area (Å²) in [6.45, 7) is 4.42. The predicted molar refractivity (Wildman–Crippen MR) is 73.5 cm³/mol. The van der Waals surface area contributed by atoms with E-state index >= 15 is 0 Å². The molecule has 0 spiro atoms. The van der Waals surface area contributed by atoms with E-state index in [1.165, 1.54) is 0 Å². The van der Waals surface area contributed by atoms with Crippen molar-refractivity contribution in [1.82, 2.24) is 20.4 Å². The Morgan fingerprint density at radius 3 is 2.63 bits per heavy atom. The molecule has 1 unspecified atom stereocenters. The van der Waals surface area contributed by atoms with Crippen molar-refractivity contribution in [2.75, 3.05) is 7.05 Å². The molecule has 5 nitrogen and oxygen atoms in total. The molecule has 1 N–H and O–H groups in total. The van der Waals surface area contributed by atoms with Gasteiger partial charge in [0.25, 0.3) is 0 Å². The lowest BCUT2D eigenvalue weighted by molar-refractivity contribution is 0.345. The number of likely N-dealkylation sites (N-methyl/N-ethyl adjacent to an activating group) is 1. The van der Waals surface area contributed by atoms with Gasteiger partial charge in [-0.3, -0.25) is 4.98 Å². The molecule has 2 heterocycles. The first-order chi connectivity index (χ1) is 9.19. The summed E-state index contributed by atoms with van der Waals surface area (Å²) >= 11 is 0. The third-order valence-electron chi connectivity index (χ3n) is 2.99. The van der Waals surface area contributed by atoms with Gasteiger partial charge in [0.1, 0.15) is 0 Å². The zero-order valence-electron chi connectivity index (χ0n) is 11.6. The normalized spacial score (nSPS) is 12.8. The van der Waals surface area contributed by atoms with Crippen molar-refractivity contribution in [2.24, 2.45) is 5.92 Å². The molecule has 0 radical (unpaired) electrons. The minimum absolute atomic E-state index is 0.366. The van der Waals surface area contributed by atoms with Crippen LogP contribution < -0.4 is 5.32 Å². The number of hydrogen-bond donors (Lipinski definition) is 1. The Bertz CT molecular complexity index is 495. The second-order valence-electron chi connectivity index (χ2n) is 5.07. The van der Waals surface area contributed by atoms with Gasteiger partial charge in [0.2, 0.25) is 11.7 Å². The molecule has 2 rings (SSSR count). The summed E-state index contributed by atoms with van der Waals surface area (Å²) < 4.78 is 5.31. The van der Waals surface area contributed by atoms with Gasteiger partial charge in [-0.25, -0.2) is 0 Å². The summed E-state index contributed by atoms with van der Waals surface area (Å²) in [5.74, 6) is 1.93. The summed E-state index contributed by atoms with van der Waals surface area (Å²) in [4.78, 5) is 8.41. The molecule has 0 aromatic carbocycles. The minimum Gasteiger partial charge on any atom is -0.339 e. The van der Waals surface area contributed by atoms with E-state index in [4.69, 9.17) is 4.52 Å². The van der Waals surface area contributed by atoms with E-state index < -0.39 is 0 Å². The zero-order chi connectivity index (χ0) is 13.7. The van der Waals surface area contributed by atoms with Crippen molar-refractivity contribution in [1.29, 1.82) is 0 Å². The highest BCUT2D eigenvalue weighted by Gasteiger charge is 2.15. The molecular weight excluding hydrogens is 240 g/mol. The molecule has 0 amide bonds. The molecule has 0 bridgehead atoms. The Labute approximate surface area is 113 Å². The standard InChI is InChI=1S/C14H20N4O/c1-10(2)8-12(15-3)9-13-17-14(18-19-13)11-4-6-16-7-5-11/h4-7,10,12,15H,8-9H2,1-3H3. The number of nitrogens with zero attached hydrogens (tertiary/aromatic N) is 3. The van der Waals surface area contributed by atoms with E-state index in [1.54, 1.807) is 12.4 Å². The van der Waals surface area contributed by atoms with Crippen molar-refractivity contribution in [3.63, 3.8) is 0 Å². The molecule has 2 aromatic rings. The highest BCUT2D eigenvalue weighted by molar-refractivity contribution is 5.52. The van der Waals surface area contributed by atoms with E-state index in [2.05, 4.69) is 34.3 Å². The molecule has 5 heteroatoms. The Morgan fingerprint density at radius 1 is 1.26 bits per heavy atom. The Morgan fingerprint density at radius 2 is 2.00 bits per heavy atom. The number of pyridine rings is 1. The van der Waals surface area contributed by atoms with Crippen LogP contribution in [0, 0.1) is 5.92 Å². The van der Waals surface area contributed by atoms with Crippen LogP contribution >= 0.6 is 0 Å². The van der Waals surface area contributed by atoms with E-state index in [1.807, 2.05) is 19.2 Å². The monoisotopic (exact) mass is 260 g/mol. The molecule has 0 aliphatic heterocycles. The van der Waals surface area contributed by atoms with Crippen LogP contribution in [0.1, 0.15) is 26.2 Å². The van der Waals surface area contributed by atoms with Crippen molar-refractivity contribution < 1.29 is 4.52 Å². The average molecular weight is 260 g/mol. The van der Waals surface area contributed by atoms with Crippen LogP contribution in [0.25, 0.3) is 11.4 Å². The van der Waals surface area contributed by atoms with Crippen molar-refractivity contribution in [3.05, 3.63) is 30.4 Å². The molecule has 19 heavy (non-hydrogen) atoms. The Balaban J connectivity index is 2.05.